The summed E-state index contributed by atoms with van der Waals surface area (Å²) in [6.07, 6.45) is 6.55. The molecule has 1 atom stereocenters. The summed E-state index contributed by atoms with van der Waals surface area (Å²) in [6, 6.07) is 4.72. The summed E-state index contributed by atoms with van der Waals surface area (Å²) in [5.74, 6) is 0.723. The Morgan fingerprint density at radius 3 is 2.76 bits per heavy atom. The van der Waals surface area contributed by atoms with Gasteiger partial charge in [0.25, 0.3) is 5.91 Å². The number of carbonyl (C=O) groups excluding carboxylic acids is 1. The van der Waals surface area contributed by atoms with Crippen molar-refractivity contribution in [1.29, 1.82) is 4.78 Å². The van der Waals surface area contributed by atoms with Crippen molar-refractivity contribution >= 4 is 38.5 Å². The molecule has 152 valence electrons. The van der Waals surface area contributed by atoms with Gasteiger partial charge in [-0.05, 0) is 49.3 Å². The van der Waals surface area contributed by atoms with Crippen molar-refractivity contribution in [3.8, 4) is 0 Å². The van der Waals surface area contributed by atoms with E-state index in [0.29, 0.717) is 22.1 Å². The van der Waals surface area contributed by atoms with Gasteiger partial charge in [0, 0.05) is 24.4 Å². The summed E-state index contributed by atoms with van der Waals surface area (Å²) in [5.41, 5.74) is 1.40. The number of oxazole rings is 1. The zero-order chi connectivity index (χ0) is 20.4. The van der Waals surface area contributed by atoms with Crippen LogP contribution in [0.5, 0.6) is 0 Å². The van der Waals surface area contributed by atoms with Crippen LogP contribution in [0.3, 0.4) is 0 Å². The smallest absolute Gasteiger partial charge is 0.287 e. The summed E-state index contributed by atoms with van der Waals surface area (Å²) >= 11 is 5.95. The van der Waals surface area contributed by atoms with Crippen LogP contribution in [0.15, 0.2) is 38.3 Å². The largest absolute Gasteiger partial charge is 0.441 e. The molecule has 29 heavy (non-hydrogen) atoms. The van der Waals surface area contributed by atoms with Crippen molar-refractivity contribution < 1.29 is 17.8 Å². The maximum Gasteiger partial charge on any atom is 0.287 e. The van der Waals surface area contributed by atoms with Gasteiger partial charge in [0.15, 0.2) is 10.9 Å². The highest BCUT2D eigenvalue weighted by Gasteiger charge is 2.54. The molecule has 0 radical (unpaired) electrons. The average Bonchev–Trinajstić information content (AvgIpc) is 3.21. The van der Waals surface area contributed by atoms with Crippen LogP contribution in [0, 0.1) is 10.2 Å². The van der Waals surface area contributed by atoms with Gasteiger partial charge in [-0.3, -0.25) is 4.79 Å². The van der Waals surface area contributed by atoms with Gasteiger partial charge in [0.2, 0.25) is 11.6 Å². The summed E-state index contributed by atoms with van der Waals surface area (Å²) in [7, 11) is -2.97. The number of fused-ring (bicyclic) bond motifs is 1. The van der Waals surface area contributed by atoms with Gasteiger partial charge in [0.1, 0.15) is 15.2 Å². The number of aromatic nitrogens is 2. The maximum absolute atomic E-state index is 12.3. The first-order valence-corrected chi connectivity index (χ1v) is 11.6. The number of carbonyl (C=O) groups is 1. The third-order valence-electron chi connectivity index (χ3n) is 5.82. The summed E-state index contributed by atoms with van der Waals surface area (Å²) < 4.78 is 30.2. The Bertz CT molecular complexity index is 1220. The van der Waals surface area contributed by atoms with Crippen molar-refractivity contribution in [1.82, 2.24) is 15.3 Å². The number of nitrogens with zero attached hydrogens (tertiary/aromatic N) is 2. The van der Waals surface area contributed by atoms with Crippen molar-refractivity contribution in [2.45, 2.75) is 42.7 Å². The molecule has 2 saturated carbocycles. The second-order valence-corrected chi connectivity index (χ2v) is 10.7. The van der Waals surface area contributed by atoms with E-state index in [-0.39, 0.29) is 34.1 Å². The second-order valence-electron chi connectivity index (χ2n) is 8.18. The Balaban J connectivity index is 1.16. The highest BCUT2D eigenvalue weighted by Crippen LogP contribution is 2.61. The minimum atomic E-state index is -2.97. The first-order valence-electron chi connectivity index (χ1n) is 9.27. The van der Waals surface area contributed by atoms with Crippen molar-refractivity contribution in [3.05, 3.63) is 41.1 Å². The highest BCUT2D eigenvalue weighted by molar-refractivity contribution is 7.91. The molecule has 0 aliphatic heterocycles. The minimum absolute atomic E-state index is 0.0173. The predicted molar refractivity (Wildman–Crippen MR) is 105 cm³/mol. The number of hydrogen-bond acceptors (Lipinski definition) is 7. The van der Waals surface area contributed by atoms with E-state index in [4.69, 9.17) is 25.2 Å². The first kappa shape index (κ1) is 18.6. The topological polar surface area (TPSA) is 122 Å². The van der Waals surface area contributed by atoms with E-state index < -0.39 is 9.73 Å². The molecule has 2 N–H and O–H groups in total. The van der Waals surface area contributed by atoms with Crippen LogP contribution >= 0.6 is 11.6 Å². The molecule has 3 aromatic heterocycles. The van der Waals surface area contributed by atoms with E-state index in [0.717, 1.165) is 25.7 Å². The van der Waals surface area contributed by atoms with Gasteiger partial charge < -0.3 is 14.2 Å². The molecule has 0 saturated heterocycles. The molecular formula is C19H19ClN4O4S. The number of rotatable bonds is 4. The van der Waals surface area contributed by atoms with E-state index in [2.05, 4.69) is 15.3 Å². The number of amides is 1. The lowest BCUT2D eigenvalue weighted by Gasteiger charge is -2.57. The number of halogens is 1. The fraction of sp³-hybridized carbons (Fsp3) is 0.421. The molecule has 0 aromatic carbocycles. The molecule has 1 spiro atoms. The average molecular weight is 435 g/mol. The SMILES string of the molecule is CS(=N)(=O)c1ccc(C(=O)NC2CC3(C2)CC(c2nc4cc(Cl)cnc4o2)C3)o1. The first-order chi connectivity index (χ1) is 13.7. The van der Waals surface area contributed by atoms with Crippen LogP contribution in [-0.2, 0) is 9.73 Å². The van der Waals surface area contributed by atoms with Crippen molar-refractivity contribution in [2.24, 2.45) is 5.41 Å². The lowest BCUT2D eigenvalue weighted by atomic mass is 9.50. The number of hydrogen-bond donors (Lipinski definition) is 2. The molecule has 3 aromatic rings. The number of furan rings is 1. The number of nitrogens with one attached hydrogen (secondary N) is 2. The van der Waals surface area contributed by atoms with Crippen LogP contribution < -0.4 is 5.32 Å². The Morgan fingerprint density at radius 2 is 2.07 bits per heavy atom. The molecule has 2 aliphatic rings. The van der Waals surface area contributed by atoms with Crippen LogP contribution in [0.4, 0.5) is 0 Å². The van der Waals surface area contributed by atoms with E-state index >= 15 is 0 Å². The Kier molecular flexibility index (Phi) is 4.05. The van der Waals surface area contributed by atoms with E-state index in [1.54, 1.807) is 12.3 Å². The highest BCUT2D eigenvalue weighted by atomic mass is 35.5. The monoisotopic (exact) mass is 434 g/mol. The molecule has 5 rings (SSSR count). The zero-order valence-corrected chi connectivity index (χ0v) is 17.2. The third kappa shape index (κ3) is 3.32. The van der Waals surface area contributed by atoms with Gasteiger partial charge in [-0.1, -0.05) is 11.6 Å². The van der Waals surface area contributed by atoms with Crippen molar-refractivity contribution in [2.75, 3.05) is 6.26 Å². The molecular weight excluding hydrogens is 416 g/mol. The molecule has 2 aliphatic carbocycles. The van der Waals surface area contributed by atoms with Gasteiger partial charge >= 0.3 is 0 Å². The number of pyridine rings is 1. The summed E-state index contributed by atoms with van der Waals surface area (Å²) in [6.45, 7) is 0. The Hall–Kier alpha value is -2.39. The standard InChI is InChI=1S/C19H19ClN4O4S/c1-29(21,26)15-3-2-14(27-15)16(25)23-12-7-19(8-12)5-10(6-19)17-24-13-4-11(20)9-22-18(13)28-17/h2-4,9-10,12,21H,5-8H2,1H3,(H,23,25). The van der Waals surface area contributed by atoms with Crippen LogP contribution in [0.25, 0.3) is 11.2 Å². The van der Waals surface area contributed by atoms with Gasteiger partial charge in [0.05, 0.1) is 5.02 Å². The molecule has 2 fully saturated rings. The Morgan fingerprint density at radius 1 is 1.31 bits per heavy atom. The molecule has 1 unspecified atom stereocenters. The third-order valence-corrected chi connectivity index (χ3v) is 7.02. The second kappa shape index (κ2) is 6.30. The fourth-order valence-electron chi connectivity index (χ4n) is 4.48. The molecule has 3 heterocycles. The van der Waals surface area contributed by atoms with Gasteiger partial charge in [-0.15, -0.1) is 0 Å². The molecule has 10 heteroatoms. The fourth-order valence-corrected chi connectivity index (χ4v) is 5.21. The van der Waals surface area contributed by atoms with Crippen LogP contribution in [0.1, 0.15) is 48.0 Å². The Labute approximate surface area is 172 Å². The molecule has 0 bridgehead atoms. The van der Waals surface area contributed by atoms with Crippen LogP contribution in [0.2, 0.25) is 5.02 Å². The summed E-state index contributed by atoms with van der Waals surface area (Å²) in [4.78, 5) is 21.0. The zero-order valence-electron chi connectivity index (χ0n) is 15.6. The van der Waals surface area contributed by atoms with Gasteiger partial charge in [-0.25, -0.2) is 19.0 Å². The van der Waals surface area contributed by atoms with E-state index in [1.807, 2.05) is 0 Å². The summed E-state index contributed by atoms with van der Waals surface area (Å²) in [5, 5.41) is 3.50. The minimum Gasteiger partial charge on any atom is -0.441 e. The van der Waals surface area contributed by atoms with Crippen molar-refractivity contribution in [3.63, 3.8) is 0 Å². The molecule has 1 amide bonds. The molecule has 8 nitrogen and oxygen atoms in total. The van der Waals surface area contributed by atoms with E-state index in [9.17, 15) is 9.00 Å². The quantitative estimate of drug-likeness (QED) is 0.640. The maximum atomic E-state index is 12.3. The normalized spacial score (nSPS) is 27.9. The predicted octanol–water partition coefficient (Wildman–Crippen LogP) is 3.96. The lowest BCUT2D eigenvalue weighted by Crippen LogP contribution is -2.55. The van der Waals surface area contributed by atoms with E-state index in [1.165, 1.54) is 18.4 Å². The van der Waals surface area contributed by atoms with Crippen LogP contribution in [-0.4, -0.2) is 32.4 Å². The lowest BCUT2D eigenvalue weighted by molar-refractivity contribution is -0.0257. The van der Waals surface area contributed by atoms with Gasteiger partial charge in [-0.2, -0.15) is 0 Å².